The number of hydrogen-bond donors (Lipinski definition) is 0. The third-order valence-corrected chi connectivity index (χ3v) is 10.2. The summed E-state index contributed by atoms with van der Waals surface area (Å²) in [4.78, 5) is -1.53. The maximum atomic E-state index is 13.3. The Labute approximate surface area is 192 Å². The molecule has 0 unspecified atom stereocenters. The zero-order valence-corrected chi connectivity index (χ0v) is 19.5. The van der Waals surface area contributed by atoms with Crippen molar-refractivity contribution in [2.45, 2.75) is 29.4 Å². The fraction of sp³-hybridized carbons (Fsp3) is 0. The Morgan fingerprint density at radius 2 is 0.515 bits per heavy atom. The van der Waals surface area contributed by atoms with Crippen LogP contribution in [0.2, 0.25) is 0 Å². The van der Waals surface area contributed by atoms with E-state index in [2.05, 4.69) is 0 Å². The first-order valence-corrected chi connectivity index (χ1v) is 14.1. The Morgan fingerprint density at radius 1 is 0.303 bits per heavy atom. The van der Waals surface area contributed by atoms with Crippen LogP contribution in [0.25, 0.3) is 0 Å². The van der Waals surface area contributed by atoms with E-state index >= 15 is 0 Å². The Balaban J connectivity index is 2.01. The summed E-state index contributed by atoms with van der Waals surface area (Å²) in [7, 11) is -12.6. The predicted octanol–water partition coefficient (Wildman–Crippen LogP) is 4.19. The van der Waals surface area contributed by atoms with Gasteiger partial charge < -0.3 is 0 Å². The van der Waals surface area contributed by atoms with Crippen molar-refractivity contribution in [1.82, 2.24) is 0 Å². The van der Waals surface area contributed by atoms with Gasteiger partial charge in [-0.15, -0.1) is 0 Å². The van der Waals surface area contributed by atoms with Gasteiger partial charge in [0.1, 0.15) is 0 Å². The van der Waals surface area contributed by atoms with Crippen LogP contribution >= 0.6 is 0 Å². The summed E-state index contributed by atoms with van der Waals surface area (Å²) in [6.45, 7) is 0. The molecule has 0 amide bonds. The van der Waals surface area contributed by atoms with Crippen molar-refractivity contribution in [2.24, 2.45) is 0 Å². The van der Waals surface area contributed by atoms with Crippen molar-refractivity contribution in [3.63, 3.8) is 0 Å². The smallest absolute Gasteiger partial charge is 0.206 e. The normalized spacial score (nSPS) is 12.4. The summed E-state index contributed by atoms with van der Waals surface area (Å²) < 4.78 is 79.7. The standard InChI is InChI=1S/C24H18O6S3/c25-31(26,19-10-4-1-5-11-19)22-16-23(32(27,28)20-12-6-2-7-13-20)18-24(17-22)33(29,30)21-14-8-3-9-15-21/h1-18H. The molecule has 0 saturated heterocycles. The molecule has 33 heavy (non-hydrogen) atoms. The maximum Gasteiger partial charge on any atom is 0.206 e. The summed E-state index contributed by atoms with van der Waals surface area (Å²) in [6.07, 6.45) is 0. The van der Waals surface area contributed by atoms with Crippen molar-refractivity contribution in [3.8, 4) is 0 Å². The molecule has 6 nitrogen and oxygen atoms in total. The molecule has 0 fully saturated rings. The summed E-state index contributed by atoms with van der Waals surface area (Å²) in [5.41, 5.74) is 0. The molecule has 0 heterocycles. The topological polar surface area (TPSA) is 102 Å². The van der Waals surface area contributed by atoms with E-state index in [0.717, 1.165) is 18.2 Å². The third kappa shape index (κ3) is 4.35. The molecule has 4 aromatic rings. The minimum Gasteiger partial charge on any atom is -0.219 e. The van der Waals surface area contributed by atoms with Crippen LogP contribution in [0.15, 0.2) is 139 Å². The molecular formula is C24H18O6S3. The van der Waals surface area contributed by atoms with Gasteiger partial charge in [-0.3, -0.25) is 0 Å². The molecule has 0 N–H and O–H groups in total. The third-order valence-electron chi connectivity index (χ3n) is 4.94. The first kappa shape index (κ1) is 22.9. The van der Waals surface area contributed by atoms with Crippen molar-refractivity contribution < 1.29 is 25.3 Å². The lowest BCUT2D eigenvalue weighted by Crippen LogP contribution is -2.10. The second-order valence-corrected chi connectivity index (χ2v) is 12.9. The molecule has 0 saturated carbocycles. The van der Waals surface area contributed by atoms with Crippen molar-refractivity contribution in [1.29, 1.82) is 0 Å². The highest BCUT2D eigenvalue weighted by Crippen LogP contribution is 2.32. The number of sulfone groups is 3. The number of hydrogen-bond acceptors (Lipinski definition) is 6. The highest BCUT2D eigenvalue weighted by atomic mass is 32.2. The quantitative estimate of drug-likeness (QED) is 0.395. The second-order valence-electron chi connectivity index (χ2n) is 7.09. The van der Waals surface area contributed by atoms with E-state index in [1.165, 1.54) is 72.8 Å². The first-order chi connectivity index (χ1) is 15.6. The highest BCUT2D eigenvalue weighted by Gasteiger charge is 2.28. The van der Waals surface area contributed by atoms with Crippen LogP contribution in [0.5, 0.6) is 0 Å². The fourth-order valence-electron chi connectivity index (χ4n) is 3.22. The van der Waals surface area contributed by atoms with Gasteiger partial charge >= 0.3 is 0 Å². The second kappa shape index (κ2) is 8.58. The zero-order valence-electron chi connectivity index (χ0n) is 17.1. The molecule has 168 valence electrons. The molecule has 0 aliphatic carbocycles. The largest absolute Gasteiger partial charge is 0.219 e. The summed E-state index contributed by atoms with van der Waals surface area (Å²) in [5.74, 6) is 0. The maximum absolute atomic E-state index is 13.3. The van der Waals surface area contributed by atoms with E-state index < -0.39 is 44.2 Å². The van der Waals surface area contributed by atoms with E-state index in [1.54, 1.807) is 18.2 Å². The van der Waals surface area contributed by atoms with Crippen molar-refractivity contribution in [2.75, 3.05) is 0 Å². The van der Waals surface area contributed by atoms with Crippen LogP contribution in [0.3, 0.4) is 0 Å². The number of benzene rings is 4. The van der Waals surface area contributed by atoms with E-state index in [-0.39, 0.29) is 14.7 Å². The molecule has 0 aliphatic heterocycles. The Kier molecular flexibility index (Phi) is 5.96. The first-order valence-electron chi connectivity index (χ1n) is 9.69. The molecule has 0 aromatic heterocycles. The lowest BCUT2D eigenvalue weighted by Gasteiger charge is -2.12. The van der Waals surface area contributed by atoms with Crippen molar-refractivity contribution >= 4 is 29.5 Å². The van der Waals surface area contributed by atoms with Gasteiger partial charge in [0.05, 0.1) is 29.4 Å². The van der Waals surface area contributed by atoms with Crippen LogP contribution in [0.4, 0.5) is 0 Å². The Hall–Kier alpha value is -3.27. The van der Waals surface area contributed by atoms with Gasteiger partial charge in [-0.1, -0.05) is 54.6 Å². The van der Waals surface area contributed by atoms with Gasteiger partial charge in [0.25, 0.3) is 0 Å². The Morgan fingerprint density at radius 3 is 0.727 bits per heavy atom. The van der Waals surface area contributed by atoms with Crippen LogP contribution in [-0.2, 0) is 29.5 Å². The fourth-order valence-corrected chi connectivity index (χ4v) is 7.50. The van der Waals surface area contributed by atoms with Crippen LogP contribution in [-0.4, -0.2) is 25.3 Å². The monoisotopic (exact) mass is 498 g/mol. The molecule has 9 heteroatoms. The average Bonchev–Trinajstić information content (AvgIpc) is 2.85. The molecule has 0 atom stereocenters. The van der Waals surface area contributed by atoms with Gasteiger partial charge in [0.15, 0.2) is 0 Å². The molecule has 4 rings (SSSR count). The zero-order chi connectivity index (χ0) is 23.7. The molecular weight excluding hydrogens is 480 g/mol. The molecule has 0 aliphatic rings. The van der Waals surface area contributed by atoms with Gasteiger partial charge in [0, 0.05) is 0 Å². The Bertz CT molecular complexity index is 1400. The van der Waals surface area contributed by atoms with Crippen molar-refractivity contribution in [3.05, 3.63) is 109 Å². The molecule has 4 aromatic carbocycles. The van der Waals surface area contributed by atoms with Gasteiger partial charge in [-0.2, -0.15) is 0 Å². The van der Waals surface area contributed by atoms with E-state index in [0.29, 0.717) is 0 Å². The van der Waals surface area contributed by atoms with Crippen LogP contribution in [0, 0.1) is 0 Å². The van der Waals surface area contributed by atoms with E-state index in [9.17, 15) is 25.3 Å². The summed E-state index contributed by atoms with van der Waals surface area (Å²) in [6, 6.07) is 25.2. The highest BCUT2D eigenvalue weighted by molar-refractivity contribution is 7.93. The van der Waals surface area contributed by atoms with Crippen LogP contribution < -0.4 is 0 Å². The van der Waals surface area contributed by atoms with E-state index in [1.807, 2.05) is 0 Å². The minimum absolute atomic E-state index is 0.0812. The van der Waals surface area contributed by atoms with Gasteiger partial charge in [-0.25, -0.2) is 25.3 Å². The molecule has 0 bridgehead atoms. The summed E-state index contributed by atoms with van der Waals surface area (Å²) in [5, 5.41) is 0. The average molecular weight is 499 g/mol. The van der Waals surface area contributed by atoms with Gasteiger partial charge in [0.2, 0.25) is 29.5 Å². The van der Waals surface area contributed by atoms with Crippen LogP contribution in [0.1, 0.15) is 0 Å². The number of rotatable bonds is 6. The summed E-state index contributed by atoms with van der Waals surface area (Å²) >= 11 is 0. The molecule has 0 radical (unpaired) electrons. The predicted molar refractivity (Wildman–Crippen MR) is 122 cm³/mol. The SMILES string of the molecule is O=S(=O)(c1ccccc1)c1cc(S(=O)(=O)c2ccccc2)cc(S(=O)(=O)c2ccccc2)c1. The lowest BCUT2D eigenvalue weighted by molar-refractivity contribution is 0.591. The molecule has 0 spiro atoms. The lowest BCUT2D eigenvalue weighted by atomic mass is 10.3. The minimum atomic E-state index is -4.20. The van der Waals surface area contributed by atoms with Gasteiger partial charge in [-0.05, 0) is 54.6 Å². The van der Waals surface area contributed by atoms with E-state index in [4.69, 9.17) is 0 Å².